The fourth-order valence-corrected chi connectivity index (χ4v) is 12.1. The molecule has 0 spiro atoms. The summed E-state index contributed by atoms with van der Waals surface area (Å²) in [5, 5.41) is -1.59. The molecular formula is C28H38O16S4. The molecule has 48 heavy (non-hydrogen) atoms. The van der Waals surface area contributed by atoms with Crippen molar-refractivity contribution in [3.63, 3.8) is 0 Å². The lowest BCUT2D eigenvalue weighted by atomic mass is 10.0. The van der Waals surface area contributed by atoms with Gasteiger partial charge < -0.3 is 37.9 Å². The lowest BCUT2D eigenvalue weighted by Gasteiger charge is -2.45. The summed E-state index contributed by atoms with van der Waals surface area (Å²) in [5.74, 6) is -5.71. The predicted octanol–water partition coefficient (Wildman–Crippen LogP) is 1.97. The van der Waals surface area contributed by atoms with Crippen LogP contribution < -0.4 is 0 Å². The third-order valence-electron chi connectivity index (χ3n) is 6.14. The van der Waals surface area contributed by atoms with E-state index >= 15 is 0 Å². The van der Waals surface area contributed by atoms with Crippen molar-refractivity contribution in [2.75, 3.05) is 13.2 Å². The molecule has 10 atom stereocenters. The van der Waals surface area contributed by atoms with E-state index in [1.54, 1.807) is 0 Å². The molecular weight excluding hydrogens is 721 g/mol. The van der Waals surface area contributed by atoms with Crippen LogP contribution in [0.5, 0.6) is 0 Å². The number of carbonyl (C=O) groups excluding carboxylic acids is 8. The van der Waals surface area contributed by atoms with Crippen LogP contribution in [-0.4, -0.2) is 117 Å². The zero-order valence-electron chi connectivity index (χ0n) is 27.4. The van der Waals surface area contributed by atoms with Gasteiger partial charge in [-0.25, -0.2) is 0 Å². The smallest absolute Gasteiger partial charge is 0.303 e. The molecule has 0 bridgehead atoms. The Morgan fingerprint density at radius 3 is 0.896 bits per heavy atom. The highest BCUT2D eigenvalue weighted by Gasteiger charge is 2.55. The Balaban J connectivity index is 2.57. The first kappa shape index (κ1) is 41.3. The zero-order chi connectivity index (χ0) is 36.3. The van der Waals surface area contributed by atoms with Crippen LogP contribution in [0.2, 0.25) is 0 Å². The van der Waals surface area contributed by atoms with E-state index in [9.17, 15) is 38.4 Å². The number of carbonyl (C=O) groups is 8. The van der Waals surface area contributed by atoms with E-state index in [0.717, 1.165) is 86.7 Å². The molecule has 0 unspecified atom stereocenters. The first-order chi connectivity index (χ1) is 22.4. The number of rotatable bonds is 13. The largest absolute Gasteiger partial charge is 0.465 e. The highest BCUT2D eigenvalue weighted by Crippen LogP contribution is 2.53. The average molecular weight is 759 g/mol. The zero-order valence-corrected chi connectivity index (χ0v) is 30.6. The molecule has 2 aliphatic heterocycles. The van der Waals surface area contributed by atoms with E-state index in [4.69, 9.17) is 37.9 Å². The second kappa shape index (κ2) is 19.4. The van der Waals surface area contributed by atoms with Crippen LogP contribution in [0.25, 0.3) is 0 Å². The normalized spacial score (nSPS) is 29.7. The Kier molecular flexibility index (Phi) is 16.7. The minimum atomic E-state index is -1.32. The molecule has 270 valence electrons. The summed E-state index contributed by atoms with van der Waals surface area (Å²) >= 11 is 2.24. The molecule has 0 radical (unpaired) electrons. The van der Waals surface area contributed by atoms with Crippen molar-refractivity contribution in [1.82, 2.24) is 0 Å². The van der Waals surface area contributed by atoms with Crippen LogP contribution in [0, 0.1) is 0 Å². The molecule has 0 N–H and O–H groups in total. The second-order valence-corrected chi connectivity index (χ2v) is 16.3. The van der Waals surface area contributed by atoms with Gasteiger partial charge in [0.2, 0.25) is 0 Å². The van der Waals surface area contributed by atoms with Crippen LogP contribution in [0.15, 0.2) is 0 Å². The fourth-order valence-electron chi connectivity index (χ4n) is 4.64. The van der Waals surface area contributed by atoms with E-state index < -0.39 is 104 Å². The molecule has 0 aliphatic carbocycles. The van der Waals surface area contributed by atoms with Gasteiger partial charge in [-0.3, -0.25) is 38.4 Å². The van der Waals surface area contributed by atoms with Crippen molar-refractivity contribution in [3.8, 4) is 0 Å². The predicted molar refractivity (Wildman–Crippen MR) is 172 cm³/mol. The molecule has 2 heterocycles. The SMILES string of the molecule is CC(=O)OC[C@H]1S[C@@H](SS[C@@H]2S[C@H](COC(C)=O)[C@@H](OC(C)=O)[C@H](OC(C)=O)[C@H]2OC(C)=O)[C@H](OC(C)=O)[C@@H](OC(C)=O)[C@@H]1OC(C)=O. The summed E-state index contributed by atoms with van der Waals surface area (Å²) < 4.78 is 42.1. The minimum absolute atomic E-state index is 0.262. The van der Waals surface area contributed by atoms with Gasteiger partial charge in [-0.1, -0.05) is 21.6 Å². The van der Waals surface area contributed by atoms with Crippen LogP contribution in [0.3, 0.4) is 0 Å². The number of ether oxygens (including phenoxy) is 8. The van der Waals surface area contributed by atoms with E-state index in [-0.39, 0.29) is 13.2 Å². The molecule has 2 fully saturated rings. The van der Waals surface area contributed by atoms with Crippen LogP contribution >= 0.6 is 45.1 Å². The first-order valence-corrected chi connectivity index (χ1v) is 18.5. The van der Waals surface area contributed by atoms with Gasteiger partial charge >= 0.3 is 47.8 Å². The lowest BCUT2D eigenvalue weighted by molar-refractivity contribution is -0.184. The van der Waals surface area contributed by atoms with Gasteiger partial charge in [0.25, 0.3) is 0 Å². The molecule has 2 rings (SSSR count). The third kappa shape index (κ3) is 13.2. The summed E-state index contributed by atoms with van der Waals surface area (Å²) in [4.78, 5) is 96.5. The Bertz CT molecular complexity index is 1140. The van der Waals surface area contributed by atoms with Crippen molar-refractivity contribution < 1.29 is 76.3 Å². The topological polar surface area (TPSA) is 210 Å². The van der Waals surface area contributed by atoms with Gasteiger partial charge in [0.05, 0.1) is 10.5 Å². The van der Waals surface area contributed by atoms with Crippen molar-refractivity contribution in [2.24, 2.45) is 0 Å². The van der Waals surface area contributed by atoms with E-state index in [1.807, 2.05) is 0 Å². The maximum atomic E-state index is 12.3. The van der Waals surface area contributed by atoms with Crippen molar-refractivity contribution in [2.45, 2.75) is 112 Å². The van der Waals surface area contributed by atoms with Crippen LogP contribution in [0.1, 0.15) is 55.4 Å². The Hall–Kier alpha value is -2.84. The number of hydrogen-bond acceptors (Lipinski definition) is 20. The summed E-state index contributed by atoms with van der Waals surface area (Å²) in [5.41, 5.74) is 0. The van der Waals surface area contributed by atoms with E-state index in [2.05, 4.69) is 0 Å². The number of esters is 8. The molecule has 0 amide bonds. The Labute approximate surface area is 293 Å². The summed E-state index contributed by atoms with van der Waals surface area (Å²) in [6, 6.07) is 0. The lowest BCUT2D eigenvalue weighted by Crippen LogP contribution is -2.58. The number of thioether (sulfide) groups is 2. The summed E-state index contributed by atoms with van der Waals surface area (Å²) in [6.45, 7) is 8.65. The molecule has 0 aromatic rings. The summed E-state index contributed by atoms with van der Waals surface area (Å²) in [7, 11) is 2.20. The monoisotopic (exact) mass is 758 g/mol. The first-order valence-electron chi connectivity index (χ1n) is 14.3. The molecule has 0 aromatic heterocycles. The van der Waals surface area contributed by atoms with E-state index in [1.165, 1.54) is 13.8 Å². The highest BCUT2D eigenvalue weighted by atomic mass is 33.1. The molecule has 2 saturated heterocycles. The number of hydrogen-bond donors (Lipinski definition) is 0. The van der Waals surface area contributed by atoms with Crippen molar-refractivity contribution in [1.29, 1.82) is 0 Å². The molecule has 16 nitrogen and oxygen atoms in total. The average Bonchev–Trinajstić information content (AvgIpc) is 2.93. The van der Waals surface area contributed by atoms with Gasteiger partial charge in [0.1, 0.15) is 22.4 Å². The van der Waals surface area contributed by atoms with Gasteiger partial charge in [0.15, 0.2) is 36.6 Å². The highest BCUT2D eigenvalue weighted by molar-refractivity contribution is 8.80. The quantitative estimate of drug-likeness (QED) is 0.149. The van der Waals surface area contributed by atoms with Gasteiger partial charge in [0, 0.05) is 55.4 Å². The molecule has 20 heteroatoms. The standard InChI is InChI=1S/C28H38O16S4/c1-11(29)37-9-19-21(39-13(3)31)23(41-15(5)33)25(43-17(7)35)27(45-19)47-48-28-26(44-18(8)36)24(42-16(6)34)22(40-14(4)32)20(46-28)10-38-12(2)30/h19-28H,9-10H2,1-8H3/t19-,20-,21-,22-,23+,24+,25-,26-,27+,28+/m1/s1. The molecule has 2 aliphatic rings. The fraction of sp³-hybridized carbons (Fsp3) is 0.714. The van der Waals surface area contributed by atoms with Gasteiger partial charge in [-0.05, 0) is 0 Å². The minimum Gasteiger partial charge on any atom is -0.465 e. The van der Waals surface area contributed by atoms with Crippen LogP contribution in [0.4, 0.5) is 0 Å². The van der Waals surface area contributed by atoms with E-state index in [0.29, 0.717) is 0 Å². The Morgan fingerprint density at radius 2 is 0.646 bits per heavy atom. The maximum absolute atomic E-state index is 12.3. The molecule has 0 saturated carbocycles. The van der Waals surface area contributed by atoms with Crippen LogP contribution in [-0.2, 0) is 76.3 Å². The van der Waals surface area contributed by atoms with Gasteiger partial charge in [-0.2, -0.15) is 0 Å². The van der Waals surface area contributed by atoms with Crippen molar-refractivity contribution in [3.05, 3.63) is 0 Å². The van der Waals surface area contributed by atoms with Gasteiger partial charge in [-0.15, -0.1) is 23.5 Å². The summed E-state index contributed by atoms with van der Waals surface area (Å²) in [6.07, 6.45) is -7.43. The van der Waals surface area contributed by atoms with Crippen molar-refractivity contribution >= 4 is 92.9 Å². The second-order valence-electron chi connectivity index (χ2n) is 10.3. The molecule has 0 aromatic carbocycles. The Morgan fingerprint density at radius 1 is 0.396 bits per heavy atom. The third-order valence-corrected chi connectivity index (χ3v) is 13.3. The maximum Gasteiger partial charge on any atom is 0.303 e.